The summed E-state index contributed by atoms with van der Waals surface area (Å²) in [6, 6.07) is 15.4. The lowest BCUT2D eigenvalue weighted by Crippen LogP contribution is -2.25. The van der Waals surface area contributed by atoms with Crippen LogP contribution in [0.25, 0.3) is 5.82 Å². The number of ketones is 1. The molecule has 5 rings (SSSR count). The van der Waals surface area contributed by atoms with Crippen LogP contribution in [0.2, 0.25) is 10.0 Å². The monoisotopic (exact) mass is 642 g/mol. The first-order chi connectivity index (χ1) is 20.9. The third kappa shape index (κ3) is 6.95. The maximum absolute atomic E-state index is 13.8. The third-order valence-electron chi connectivity index (χ3n) is 6.59. The molecule has 0 spiro atoms. The van der Waals surface area contributed by atoms with Crippen molar-refractivity contribution in [3.8, 4) is 5.82 Å². The number of Topliss-reactive ketones (excluding diaryl/α,β-unsaturated/α-hetero) is 1. The van der Waals surface area contributed by atoms with E-state index in [1.807, 2.05) is 31.2 Å². The van der Waals surface area contributed by atoms with Crippen molar-refractivity contribution in [2.45, 2.75) is 39.5 Å². The molecule has 0 atom stereocenters. The molecule has 0 saturated carbocycles. The van der Waals surface area contributed by atoms with Gasteiger partial charge in [-0.2, -0.15) is 23.1 Å². The summed E-state index contributed by atoms with van der Waals surface area (Å²) in [5.74, 6) is -2.17. The molecule has 226 valence electrons. The summed E-state index contributed by atoms with van der Waals surface area (Å²) in [6.45, 7) is 3.64. The molecular formula is C29H23Cl2F3N8O2. The minimum Gasteiger partial charge on any atom is -0.348 e. The molecule has 1 N–H and O–H groups in total. The van der Waals surface area contributed by atoms with E-state index in [9.17, 15) is 22.8 Å². The van der Waals surface area contributed by atoms with Crippen LogP contribution in [0, 0.1) is 13.8 Å². The number of hydrogen-bond donors (Lipinski definition) is 1. The van der Waals surface area contributed by atoms with Crippen molar-refractivity contribution >= 4 is 34.9 Å². The van der Waals surface area contributed by atoms with Crippen molar-refractivity contribution in [3.05, 3.63) is 116 Å². The molecular weight excluding hydrogens is 620 g/mol. The van der Waals surface area contributed by atoms with Crippen molar-refractivity contribution in [1.82, 2.24) is 40.3 Å². The molecule has 0 saturated heterocycles. The fourth-order valence-electron chi connectivity index (χ4n) is 4.41. The number of rotatable bonds is 9. The molecule has 0 aliphatic heterocycles. The molecule has 44 heavy (non-hydrogen) atoms. The van der Waals surface area contributed by atoms with Crippen molar-refractivity contribution in [2.75, 3.05) is 0 Å². The summed E-state index contributed by atoms with van der Waals surface area (Å²) in [6.07, 6.45) is -3.56. The molecule has 0 fully saturated rings. The SMILES string of the molecule is Cc1ccc(CNC(=O)c2cc(Cl)cc(C)c2CC(=O)c2cc(Cn3nnc(C(F)(F)F)n3)nn2-c2ncccc2Cl)cc1. The van der Waals surface area contributed by atoms with Gasteiger partial charge >= 0.3 is 6.18 Å². The van der Waals surface area contributed by atoms with Gasteiger partial charge in [-0.15, -0.1) is 10.2 Å². The Hall–Kier alpha value is -4.62. The topological polar surface area (TPSA) is 120 Å². The number of carbonyl (C=O) groups is 2. The molecule has 1 amide bonds. The highest BCUT2D eigenvalue weighted by Crippen LogP contribution is 2.27. The van der Waals surface area contributed by atoms with E-state index in [-0.39, 0.29) is 47.3 Å². The molecule has 0 bridgehead atoms. The van der Waals surface area contributed by atoms with Crippen LogP contribution in [0.15, 0.2) is 60.8 Å². The summed E-state index contributed by atoms with van der Waals surface area (Å²) in [4.78, 5) is 32.1. The number of amides is 1. The van der Waals surface area contributed by atoms with Crippen LogP contribution in [-0.2, 0) is 25.7 Å². The smallest absolute Gasteiger partial charge is 0.348 e. The van der Waals surface area contributed by atoms with Gasteiger partial charge in [-0.25, -0.2) is 9.67 Å². The van der Waals surface area contributed by atoms with Gasteiger partial charge in [-0.1, -0.05) is 53.0 Å². The largest absolute Gasteiger partial charge is 0.455 e. The first-order valence-corrected chi connectivity index (χ1v) is 13.9. The first-order valence-electron chi connectivity index (χ1n) is 13.1. The van der Waals surface area contributed by atoms with Crippen molar-refractivity contribution in [1.29, 1.82) is 0 Å². The lowest BCUT2D eigenvalue weighted by atomic mass is 9.95. The molecule has 2 aromatic carbocycles. The van der Waals surface area contributed by atoms with E-state index < -0.39 is 23.7 Å². The minimum absolute atomic E-state index is 0.0251. The number of hydrogen-bond acceptors (Lipinski definition) is 7. The molecule has 0 aliphatic rings. The van der Waals surface area contributed by atoms with Gasteiger partial charge in [0, 0.05) is 29.7 Å². The Bertz CT molecular complexity index is 1850. The van der Waals surface area contributed by atoms with Gasteiger partial charge in [0.2, 0.25) is 0 Å². The first kappa shape index (κ1) is 30.8. The van der Waals surface area contributed by atoms with E-state index in [0.29, 0.717) is 20.9 Å². The fourth-order valence-corrected chi connectivity index (χ4v) is 4.89. The van der Waals surface area contributed by atoms with E-state index in [4.69, 9.17) is 23.2 Å². The maximum Gasteiger partial charge on any atom is 0.455 e. The molecule has 10 nitrogen and oxygen atoms in total. The second-order valence-corrected chi connectivity index (χ2v) is 10.7. The lowest BCUT2D eigenvalue weighted by Gasteiger charge is -2.14. The van der Waals surface area contributed by atoms with E-state index in [2.05, 4.69) is 30.8 Å². The summed E-state index contributed by atoms with van der Waals surface area (Å²) in [5, 5.41) is 17.6. The van der Waals surface area contributed by atoms with Crippen molar-refractivity contribution in [2.24, 2.45) is 0 Å². The number of benzene rings is 2. The second-order valence-electron chi connectivity index (χ2n) is 9.90. The van der Waals surface area contributed by atoms with Crippen LogP contribution >= 0.6 is 23.2 Å². The number of tetrazole rings is 1. The van der Waals surface area contributed by atoms with Crippen LogP contribution in [-0.4, -0.2) is 46.7 Å². The predicted octanol–water partition coefficient (Wildman–Crippen LogP) is 5.60. The predicted molar refractivity (Wildman–Crippen MR) is 155 cm³/mol. The Labute approximate surface area is 258 Å². The Morgan fingerprint density at radius 1 is 1.00 bits per heavy atom. The van der Waals surface area contributed by atoms with Crippen LogP contribution < -0.4 is 5.32 Å². The van der Waals surface area contributed by atoms with Crippen LogP contribution in [0.5, 0.6) is 0 Å². The number of nitrogens with one attached hydrogen (secondary N) is 1. The number of carbonyl (C=O) groups excluding carboxylic acids is 2. The summed E-state index contributed by atoms with van der Waals surface area (Å²) in [5.41, 5.74) is 3.43. The molecule has 0 radical (unpaired) electrons. The van der Waals surface area contributed by atoms with Gasteiger partial charge in [0.15, 0.2) is 11.6 Å². The normalized spacial score (nSPS) is 11.5. The van der Waals surface area contributed by atoms with Crippen LogP contribution in [0.4, 0.5) is 13.2 Å². The Morgan fingerprint density at radius 3 is 2.43 bits per heavy atom. The third-order valence-corrected chi connectivity index (χ3v) is 7.10. The number of alkyl halides is 3. The summed E-state index contributed by atoms with van der Waals surface area (Å²) in [7, 11) is 0. The van der Waals surface area contributed by atoms with Crippen LogP contribution in [0.3, 0.4) is 0 Å². The molecule has 3 aromatic heterocycles. The van der Waals surface area contributed by atoms with Crippen molar-refractivity contribution in [3.63, 3.8) is 0 Å². The number of aromatic nitrogens is 7. The number of aryl methyl sites for hydroxylation is 2. The zero-order valence-corrected chi connectivity index (χ0v) is 24.7. The quantitative estimate of drug-likeness (QED) is 0.208. The molecule has 0 unspecified atom stereocenters. The van der Waals surface area contributed by atoms with Gasteiger partial charge < -0.3 is 5.32 Å². The molecule has 15 heteroatoms. The Kier molecular flexibility index (Phi) is 8.79. The number of pyridine rings is 1. The average Bonchev–Trinajstić information content (AvgIpc) is 3.62. The highest BCUT2D eigenvalue weighted by atomic mass is 35.5. The number of halogens is 5. The minimum atomic E-state index is -4.78. The highest BCUT2D eigenvalue weighted by molar-refractivity contribution is 6.32. The lowest BCUT2D eigenvalue weighted by molar-refractivity contribution is -0.145. The molecule has 3 heterocycles. The van der Waals surface area contributed by atoms with E-state index in [1.165, 1.54) is 23.0 Å². The Morgan fingerprint density at radius 2 is 1.75 bits per heavy atom. The highest BCUT2D eigenvalue weighted by Gasteiger charge is 2.37. The second kappa shape index (κ2) is 12.5. The zero-order chi connectivity index (χ0) is 31.6. The van der Waals surface area contributed by atoms with Gasteiger partial charge in [-0.3, -0.25) is 9.59 Å². The van der Waals surface area contributed by atoms with Crippen molar-refractivity contribution < 1.29 is 22.8 Å². The van der Waals surface area contributed by atoms with Gasteiger partial charge in [0.05, 0.1) is 10.7 Å². The van der Waals surface area contributed by atoms with Gasteiger partial charge in [-0.05, 0) is 66.1 Å². The standard InChI is InChI=1S/C29H23Cl2F3N8O2/c1-16-5-7-18(8-6-16)14-36-27(44)22-11-19(30)10-17(2)21(22)13-25(43)24-12-20(15-41-39-28(37-40-41)29(32,33)34)38-42(24)26-23(31)4-3-9-35-26/h3-12H,13-15H2,1-2H3,(H,36,44). The van der Waals surface area contributed by atoms with E-state index in [1.54, 1.807) is 25.1 Å². The van der Waals surface area contributed by atoms with Gasteiger partial charge in [0.25, 0.3) is 11.7 Å². The van der Waals surface area contributed by atoms with Crippen LogP contribution in [0.1, 0.15) is 54.6 Å². The fraction of sp³-hybridized carbons (Fsp3) is 0.207. The summed E-state index contributed by atoms with van der Waals surface area (Å²) >= 11 is 12.7. The maximum atomic E-state index is 13.8. The zero-order valence-electron chi connectivity index (χ0n) is 23.2. The van der Waals surface area contributed by atoms with E-state index in [0.717, 1.165) is 11.1 Å². The average molecular weight is 643 g/mol. The van der Waals surface area contributed by atoms with Gasteiger partial charge in [0.1, 0.15) is 12.2 Å². The Balaban J connectivity index is 1.46. The summed E-state index contributed by atoms with van der Waals surface area (Å²) < 4.78 is 40.1. The molecule has 0 aliphatic carbocycles. The number of nitrogens with zero attached hydrogens (tertiary/aromatic N) is 7. The molecule has 5 aromatic rings. The van der Waals surface area contributed by atoms with E-state index >= 15 is 0 Å².